The van der Waals surface area contributed by atoms with Crippen molar-refractivity contribution in [3.05, 3.63) is 5.88 Å². The first-order chi connectivity index (χ1) is 3.81. The Bertz CT molecular complexity index is 45.8. The molecule has 0 heterocycles. The maximum absolute atomic E-state index is 5.77. The van der Waals surface area contributed by atoms with E-state index in [4.69, 9.17) is 23.2 Å². The summed E-state index contributed by atoms with van der Waals surface area (Å²) in [6.07, 6.45) is 2.96. The van der Waals surface area contributed by atoms with E-state index in [0.29, 0.717) is 5.38 Å². The van der Waals surface area contributed by atoms with Gasteiger partial charge in [0, 0.05) is 11.3 Å². The van der Waals surface area contributed by atoms with Crippen LogP contribution in [-0.4, -0.2) is 5.38 Å². The first kappa shape index (κ1) is 8.58. The molecule has 0 aliphatic heterocycles. The molecular weight excluding hydrogens is 143 g/mol. The molecule has 2 heteroatoms. The zero-order valence-electron chi connectivity index (χ0n) is 5.03. The third-order valence-corrected chi connectivity index (χ3v) is 1.78. The van der Waals surface area contributed by atoms with E-state index in [2.05, 4.69) is 6.92 Å². The molecule has 0 spiro atoms. The van der Waals surface area contributed by atoms with E-state index in [9.17, 15) is 0 Å². The summed E-state index contributed by atoms with van der Waals surface area (Å²) < 4.78 is 0. The summed E-state index contributed by atoms with van der Waals surface area (Å²) in [7, 11) is 0. The fraction of sp³-hybridized carbons (Fsp3) is 0.833. The van der Waals surface area contributed by atoms with Crippen LogP contribution in [0.3, 0.4) is 0 Å². The lowest BCUT2D eigenvalue weighted by molar-refractivity contribution is 0.732. The van der Waals surface area contributed by atoms with Gasteiger partial charge in [-0.05, 0) is 19.3 Å². The fourth-order valence-electron chi connectivity index (χ4n) is 0.448. The molecule has 0 aromatic carbocycles. The minimum Gasteiger partial charge on any atom is -0.123 e. The van der Waals surface area contributed by atoms with E-state index in [1.54, 1.807) is 5.88 Å². The molecule has 0 rings (SSSR count). The smallest absolute Gasteiger partial charge is 0.0500 e. The van der Waals surface area contributed by atoms with Crippen LogP contribution in [0.4, 0.5) is 0 Å². The fourth-order valence-corrected chi connectivity index (χ4v) is 0.700. The van der Waals surface area contributed by atoms with Crippen LogP contribution in [0, 0.1) is 5.88 Å². The van der Waals surface area contributed by atoms with E-state index in [0.717, 1.165) is 19.3 Å². The maximum Gasteiger partial charge on any atom is 0.0500 e. The lowest BCUT2D eigenvalue weighted by Crippen LogP contribution is -1.93. The predicted molar refractivity (Wildman–Crippen MR) is 39.3 cm³/mol. The summed E-state index contributed by atoms with van der Waals surface area (Å²) in [5, 5.41) is 0.310. The summed E-state index contributed by atoms with van der Waals surface area (Å²) in [4.78, 5) is 0. The average molecular weight is 154 g/mol. The first-order valence-electron chi connectivity index (χ1n) is 2.87. The molecule has 0 aromatic heterocycles. The van der Waals surface area contributed by atoms with Gasteiger partial charge in [0.2, 0.25) is 0 Å². The van der Waals surface area contributed by atoms with Crippen LogP contribution < -0.4 is 0 Å². The van der Waals surface area contributed by atoms with Gasteiger partial charge in [-0.2, -0.15) is 0 Å². The number of hydrogen-bond acceptors (Lipinski definition) is 0. The molecule has 1 unspecified atom stereocenters. The highest BCUT2D eigenvalue weighted by atomic mass is 35.5. The Morgan fingerprint density at radius 3 is 2.62 bits per heavy atom. The highest BCUT2D eigenvalue weighted by molar-refractivity contribution is 6.23. The summed E-state index contributed by atoms with van der Waals surface area (Å²) in [5.41, 5.74) is 0. The Labute approximate surface area is 61.2 Å². The van der Waals surface area contributed by atoms with E-state index in [1.165, 1.54) is 0 Å². The van der Waals surface area contributed by atoms with E-state index >= 15 is 0 Å². The quantitative estimate of drug-likeness (QED) is 0.545. The monoisotopic (exact) mass is 153 g/mol. The normalized spacial score (nSPS) is 13.9. The van der Waals surface area contributed by atoms with Crippen molar-refractivity contribution < 1.29 is 0 Å². The van der Waals surface area contributed by atoms with Crippen LogP contribution in [0.5, 0.6) is 0 Å². The maximum atomic E-state index is 5.77. The Morgan fingerprint density at radius 1 is 1.62 bits per heavy atom. The van der Waals surface area contributed by atoms with Crippen LogP contribution in [0.1, 0.15) is 26.2 Å². The van der Waals surface area contributed by atoms with Crippen LogP contribution in [0.2, 0.25) is 0 Å². The van der Waals surface area contributed by atoms with Crippen molar-refractivity contribution in [2.45, 2.75) is 31.6 Å². The highest BCUT2D eigenvalue weighted by Crippen LogP contribution is 2.10. The Kier molecular flexibility index (Phi) is 6.13. The zero-order valence-corrected chi connectivity index (χ0v) is 6.54. The molecule has 0 aliphatic rings. The Balaban J connectivity index is 2.86. The number of halogens is 2. The van der Waals surface area contributed by atoms with Gasteiger partial charge in [0.05, 0.1) is 0 Å². The van der Waals surface area contributed by atoms with Gasteiger partial charge >= 0.3 is 0 Å². The first-order valence-corrected chi connectivity index (χ1v) is 3.74. The summed E-state index contributed by atoms with van der Waals surface area (Å²) in [6, 6.07) is 0. The second kappa shape index (κ2) is 5.71. The van der Waals surface area contributed by atoms with Crippen LogP contribution in [0.15, 0.2) is 0 Å². The van der Waals surface area contributed by atoms with Gasteiger partial charge < -0.3 is 0 Å². The predicted octanol–water partition coefficient (Wildman–Crippen LogP) is 3.18. The lowest BCUT2D eigenvalue weighted by Gasteiger charge is -2.01. The van der Waals surface area contributed by atoms with Gasteiger partial charge in [0.1, 0.15) is 0 Å². The van der Waals surface area contributed by atoms with Crippen molar-refractivity contribution in [2.24, 2.45) is 0 Å². The Hall–Kier alpha value is 0.580. The van der Waals surface area contributed by atoms with Gasteiger partial charge in [0.15, 0.2) is 0 Å². The van der Waals surface area contributed by atoms with Crippen LogP contribution >= 0.6 is 23.2 Å². The molecule has 1 radical (unpaired) electrons. The second-order valence-electron chi connectivity index (χ2n) is 1.74. The van der Waals surface area contributed by atoms with Gasteiger partial charge in [-0.15, -0.1) is 23.2 Å². The number of alkyl halides is 1. The molecule has 0 N–H and O–H groups in total. The van der Waals surface area contributed by atoms with Crippen molar-refractivity contribution in [1.29, 1.82) is 0 Å². The third-order valence-electron chi connectivity index (χ3n) is 1.03. The average Bonchev–Trinajstić information content (AvgIpc) is 1.83. The molecule has 0 fully saturated rings. The van der Waals surface area contributed by atoms with Crippen molar-refractivity contribution in [3.8, 4) is 0 Å². The number of rotatable bonds is 4. The summed E-state index contributed by atoms with van der Waals surface area (Å²) in [5.74, 6) is 1.63. The molecule has 0 saturated carbocycles. The zero-order chi connectivity index (χ0) is 6.41. The second-order valence-corrected chi connectivity index (χ2v) is 2.66. The summed E-state index contributed by atoms with van der Waals surface area (Å²) in [6.45, 7) is 2.08. The van der Waals surface area contributed by atoms with Gasteiger partial charge in [-0.3, -0.25) is 0 Å². The molecule has 0 saturated heterocycles. The Morgan fingerprint density at radius 2 is 2.25 bits per heavy atom. The molecule has 0 aromatic rings. The van der Waals surface area contributed by atoms with Crippen LogP contribution in [0.25, 0.3) is 0 Å². The van der Waals surface area contributed by atoms with Crippen molar-refractivity contribution >= 4 is 23.2 Å². The lowest BCUT2D eigenvalue weighted by atomic mass is 10.2. The minimum atomic E-state index is 0.310. The van der Waals surface area contributed by atoms with Gasteiger partial charge in [-0.25, -0.2) is 0 Å². The van der Waals surface area contributed by atoms with Crippen molar-refractivity contribution in [2.75, 3.05) is 0 Å². The molecular formula is C6H11Cl2. The molecule has 0 amide bonds. The summed E-state index contributed by atoms with van der Waals surface area (Å²) >= 11 is 11.1. The largest absolute Gasteiger partial charge is 0.123 e. The SMILES string of the molecule is CCC(Cl)CC[CH]Cl. The number of hydrogen-bond donors (Lipinski definition) is 0. The van der Waals surface area contributed by atoms with Gasteiger partial charge in [-0.1, -0.05) is 6.92 Å². The highest BCUT2D eigenvalue weighted by Gasteiger charge is 1.98. The van der Waals surface area contributed by atoms with E-state index in [1.807, 2.05) is 0 Å². The van der Waals surface area contributed by atoms with Crippen LogP contribution in [-0.2, 0) is 0 Å². The van der Waals surface area contributed by atoms with E-state index in [-0.39, 0.29) is 0 Å². The molecule has 49 valence electrons. The van der Waals surface area contributed by atoms with Gasteiger partial charge in [0.25, 0.3) is 0 Å². The van der Waals surface area contributed by atoms with Crippen molar-refractivity contribution in [3.63, 3.8) is 0 Å². The molecule has 1 atom stereocenters. The molecule has 8 heavy (non-hydrogen) atoms. The minimum absolute atomic E-state index is 0.310. The molecule has 0 aliphatic carbocycles. The third kappa shape index (κ3) is 4.73. The van der Waals surface area contributed by atoms with E-state index < -0.39 is 0 Å². The molecule has 0 nitrogen and oxygen atoms in total. The standard InChI is InChI=1S/C6H11Cl2/c1-2-6(8)4-3-5-7/h5-6H,2-4H2,1H3. The molecule has 0 bridgehead atoms. The topological polar surface area (TPSA) is 0 Å². The van der Waals surface area contributed by atoms with Crippen molar-refractivity contribution in [1.82, 2.24) is 0 Å².